The summed E-state index contributed by atoms with van der Waals surface area (Å²) in [5, 5.41) is 1.12. The second kappa shape index (κ2) is 3.76. The van der Waals surface area contributed by atoms with Crippen molar-refractivity contribution >= 4 is 16.7 Å². The third-order valence-electron chi connectivity index (χ3n) is 3.72. The van der Waals surface area contributed by atoms with E-state index in [1.54, 1.807) is 0 Å². The smallest absolute Gasteiger partial charge is 0.133 e. The Balaban J connectivity index is 3.06. The SMILES string of the molecule is Cc1nc(N)c2c(C)c(C)n(C(C)C)c2c1C. The van der Waals surface area contributed by atoms with E-state index in [1.807, 2.05) is 6.92 Å². The van der Waals surface area contributed by atoms with Crippen LogP contribution < -0.4 is 5.73 Å². The number of nitrogens with zero attached hydrogens (tertiary/aromatic N) is 2. The Labute approximate surface area is 103 Å². The molecule has 0 amide bonds. The Morgan fingerprint density at radius 2 is 1.65 bits per heavy atom. The molecule has 0 atom stereocenters. The van der Waals surface area contributed by atoms with Crippen molar-refractivity contribution in [2.24, 2.45) is 0 Å². The van der Waals surface area contributed by atoms with Gasteiger partial charge in [0.1, 0.15) is 5.82 Å². The summed E-state index contributed by atoms with van der Waals surface area (Å²) in [4.78, 5) is 4.44. The van der Waals surface area contributed by atoms with Crippen LogP contribution in [0.3, 0.4) is 0 Å². The van der Waals surface area contributed by atoms with Gasteiger partial charge in [-0.05, 0) is 52.7 Å². The molecule has 17 heavy (non-hydrogen) atoms. The second-order valence-corrected chi connectivity index (χ2v) is 5.11. The molecule has 3 nitrogen and oxygen atoms in total. The van der Waals surface area contributed by atoms with Crippen molar-refractivity contribution in [3.63, 3.8) is 0 Å². The molecule has 0 aliphatic carbocycles. The van der Waals surface area contributed by atoms with Gasteiger partial charge in [-0.1, -0.05) is 0 Å². The summed E-state index contributed by atoms with van der Waals surface area (Å²) < 4.78 is 2.37. The number of anilines is 1. The summed E-state index contributed by atoms with van der Waals surface area (Å²) in [5.74, 6) is 0.656. The van der Waals surface area contributed by atoms with Gasteiger partial charge >= 0.3 is 0 Å². The van der Waals surface area contributed by atoms with Gasteiger partial charge in [0.25, 0.3) is 0 Å². The van der Waals surface area contributed by atoms with Crippen LogP contribution in [0.15, 0.2) is 0 Å². The fourth-order valence-electron chi connectivity index (χ4n) is 2.65. The first kappa shape index (κ1) is 12.0. The maximum absolute atomic E-state index is 6.08. The summed E-state index contributed by atoms with van der Waals surface area (Å²) in [5.41, 5.74) is 12.1. The summed E-state index contributed by atoms with van der Waals surface area (Å²) >= 11 is 0. The lowest BCUT2D eigenvalue weighted by Gasteiger charge is -2.15. The van der Waals surface area contributed by atoms with Crippen LogP contribution >= 0.6 is 0 Å². The molecule has 0 aromatic carbocycles. The molecule has 0 radical (unpaired) electrons. The van der Waals surface area contributed by atoms with Gasteiger partial charge in [0.05, 0.1) is 5.52 Å². The number of hydrogen-bond acceptors (Lipinski definition) is 2. The number of fused-ring (bicyclic) bond motifs is 1. The minimum atomic E-state index is 0.436. The fourth-order valence-corrected chi connectivity index (χ4v) is 2.65. The number of rotatable bonds is 1. The molecule has 0 saturated heterocycles. The standard InChI is InChI=1S/C14H21N3/c1-7(2)17-11(6)9(4)12-13(17)8(3)10(5)16-14(12)15/h7H,1-6H3,(H2,15,16). The van der Waals surface area contributed by atoms with Gasteiger partial charge in [0.15, 0.2) is 0 Å². The molecule has 2 aromatic heterocycles. The molecule has 0 aliphatic heterocycles. The molecule has 0 unspecified atom stereocenters. The van der Waals surface area contributed by atoms with E-state index in [1.165, 1.54) is 22.3 Å². The predicted octanol–water partition coefficient (Wildman–Crippen LogP) is 3.43. The van der Waals surface area contributed by atoms with E-state index in [4.69, 9.17) is 5.73 Å². The highest BCUT2D eigenvalue weighted by molar-refractivity contribution is 5.96. The topological polar surface area (TPSA) is 43.8 Å². The summed E-state index contributed by atoms with van der Waals surface area (Å²) in [6.45, 7) is 12.8. The van der Waals surface area contributed by atoms with Gasteiger partial charge in [-0.15, -0.1) is 0 Å². The van der Waals surface area contributed by atoms with Crippen molar-refractivity contribution in [3.05, 3.63) is 22.5 Å². The molecule has 0 fully saturated rings. The monoisotopic (exact) mass is 231 g/mol. The van der Waals surface area contributed by atoms with Crippen LogP contribution in [0.25, 0.3) is 10.9 Å². The van der Waals surface area contributed by atoms with Crippen molar-refractivity contribution in [3.8, 4) is 0 Å². The van der Waals surface area contributed by atoms with Crippen molar-refractivity contribution in [2.45, 2.75) is 47.6 Å². The van der Waals surface area contributed by atoms with E-state index in [2.05, 4.69) is 44.2 Å². The normalized spacial score (nSPS) is 11.7. The van der Waals surface area contributed by atoms with Crippen LogP contribution in [0, 0.1) is 27.7 Å². The van der Waals surface area contributed by atoms with Crippen LogP contribution in [0.4, 0.5) is 5.82 Å². The van der Waals surface area contributed by atoms with Crippen molar-refractivity contribution in [2.75, 3.05) is 5.73 Å². The molecule has 0 bridgehead atoms. The largest absolute Gasteiger partial charge is 0.383 e. The number of nitrogen functional groups attached to an aromatic ring is 1. The van der Waals surface area contributed by atoms with E-state index in [-0.39, 0.29) is 0 Å². The maximum atomic E-state index is 6.08. The van der Waals surface area contributed by atoms with Crippen molar-refractivity contribution in [1.82, 2.24) is 9.55 Å². The molecule has 0 spiro atoms. The van der Waals surface area contributed by atoms with Crippen LogP contribution in [0.5, 0.6) is 0 Å². The number of pyridine rings is 1. The van der Waals surface area contributed by atoms with Gasteiger partial charge in [0.2, 0.25) is 0 Å². The van der Waals surface area contributed by atoms with Gasteiger partial charge in [-0.2, -0.15) is 0 Å². The van der Waals surface area contributed by atoms with Crippen molar-refractivity contribution < 1.29 is 0 Å². The predicted molar refractivity (Wildman–Crippen MR) is 73.5 cm³/mol. The maximum Gasteiger partial charge on any atom is 0.133 e. The lowest BCUT2D eigenvalue weighted by molar-refractivity contribution is 0.605. The quantitative estimate of drug-likeness (QED) is 0.817. The van der Waals surface area contributed by atoms with Crippen LogP contribution in [-0.2, 0) is 0 Å². The molecule has 0 saturated carbocycles. The summed E-state index contributed by atoms with van der Waals surface area (Å²) in [7, 11) is 0. The van der Waals surface area contributed by atoms with E-state index in [9.17, 15) is 0 Å². The number of nitrogens with two attached hydrogens (primary N) is 1. The Kier molecular flexibility index (Phi) is 2.64. The van der Waals surface area contributed by atoms with E-state index in [0.717, 1.165) is 11.1 Å². The molecular formula is C14H21N3. The molecule has 2 N–H and O–H groups in total. The Bertz CT molecular complexity index is 592. The van der Waals surface area contributed by atoms with Gasteiger partial charge < -0.3 is 10.3 Å². The molecule has 3 heteroatoms. The Morgan fingerprint density at radius 1 is 1.06 bits per heavy atom. The van der Waals surface area contributed by atoms with Gasteiger partial charge in [-0.25, -0.2) is 4.98 Å². The molecule has 92 valence electrons. The first-order valence-corrected chi connectivity index (χ1v) is 6.10. The van der Waals surface area contributed by atoms with E-state index in [0.29, 0.717) is 11.9 Å². The first-order valence-electron chi connectivity index (χ1n) is 6.10. The highest BCUT2D eigenvalue weighted by Gasteiger charge is 2.18. The highest BCUT2D eigenvalue weighted by Crippen LogP contribution is 2.34. The summed E-state index contributed by atoms with van der Waals surface area (Å²) in [6.07, 6.45) is 0. The van der Waals surface area contributed by atoms with E-state index < -0.39 is 0 Å². The molecular weight excluding hydrogens is 210 g/mol. The third-order valence-corrected chi connectivity index (χ3v) is 3.72. The molecule has 0 aliphatic rings. The van der Waals surface area contributed by atoms with Crippen LogP contribution in [0.1, 0.15) is 42.4 Å². The second-order valence-electron chi connectivity index (χ2n) is 5.11. The zero-order chi connectivity index (χ0) is 12.9. The first-order chi connectivity index (χ1) is 7.86. The Morgan fingerprint density at radius 3 is 2.18 bits per heavy atom. The number of hydrogen-bond donors (Lipinski definition) is 1. The molecule has 2 rings (SSSR count). The third kappa shape index (κ3) is 1.53. The van der Waals surface area contributed by atoms with E-state index >= 15 is 0 Å². The lowest BCUT2D eigenvalue weighted by Crippen LogP contribution is -2.05. The number of aryl methyl sites for hydroxylation is 3. The average Bonchev–Trinajstić information content (AvgIpc) is 2.49. The molecule has 2 heterocycles. The Hall–Kier alpha value is -1.51. The van der Waals surface area contributed by atoms with Gasteiger partial charge in [-0.3, -0.25) is 0 Å². The average molecular weight is 231 g/mol. The van der Waals surface area contributed by atoms with Gasteiger partial charge in [0, 0.05) is 22.8 Å². The highest BCUT2D eigenvalue weighted by atomic mass is 15.0. The van der Waals surface area contributed by atoms with Crippen LogP contribution in [0.2, 0.25) is 0 Å². The summed E-state index contributed by atoms with van der Waals surface area (Å²) in [6, 6.07) is 0.436. The fraction of sp³-hybridized carbons (Fsp3) is 0.500. The van der Waals surface area contributed by atoms with Crippen LogP contribution in [-0.4, -0.2) is 9.55 Å². The molecule has 2 aromatic rings. The minimum absolute atomic E-state index is 0.436. The zero-order valence-corrected chi connectivity index (χ0v) is 11.5. The lowest BCUT2D eigenvalue weighted by atomic mass is 10.1. The number of aromatic nitrogens is 2. The minimum Gasteiger partial charge on any atom is -0.383 e. The zero-order valence-electron chi connectivity index (χ0n) is 11.5. The van der Waals surface area contributed by atoms with Crippen molar-refractivity contribution in [1.29, 1.82) is 0 Å².